The second-order valence-corrected chi connectivity index (χ2v) is 7.46. The molecule has 0 aliphatic carbocycles. The van der Waals surface area contributed by atoms with E-state index < -0.39 is 22.0 Å². The number of sulfonamides is 1. The van der Waals surface area contributed by atoms with Gasteiger partial charge in [0.05, 0.1) is 23.1 Å². The Hall–Kier alpha value is -2.71. The van der Waals surface area contributed by atoms with E-state index in [0.29, 0.717) is 13.1 Å². The summed E-state index contributed by atoms with van der Waals surface area (Å²) in [5, 5.41) is 0. The first-order chi connectivity index (χ1) is 12.8. The van der Waals surface area contributed by atoms with Crippen LogP contribution >= 0.6 is 0 Å². The van der Waals surface area contributed by atoms with Crippen molar-refractivity contribution in [2.24, 2.45) is 0 Å². The standard InChI is InChI=1S/C19H21NO6S/c1-4-20(5-2)27(23,24)17-11-7-9-15(13-17)19(22)26-16-10-6-8-14(12-16)18(21)25-3/h6-13H,4-5H2,1-3H3. The maximum absolute atomic E-state index is 12.6. The Labute approximate surface area is 158 Å². The molecule has 0 saturated carbocycles. The van der Waals surface area contributed by atoms with Crippen molar-refractivity contribution in [2.45, 2.75) is 18.7 Å². The molecule has 0 bridgehead atoms. The van der Waals surface area contributed by atoms with E-state index in [1.165, 1.54) is 53.9 Å². The average molecular weight is 391 g/mol. The number of hydrogen-bond donors (Lipinski definition) is 0. The van der Waals surface area contributed by atoms with Crippen LogP contribution in [0.15, 0.2) is 53.4 Å². The molecule has 0 N–H and O–H groups in total. The van der Waals surface area contributed by atoms with Gasteiger partial charge >= 0.3 is 11.9 Å². The molecule has 2 aromatic rings. The molecular weight excluding hydrogens is 370 g/mol. The SMILES string of the molecule is CCN(CC)S(=O)(=O)c1cccc(C(=O)Oc2cccc(C(=O)OC)c2)c1. The Morgan fingerprint density at radius 3 is 2.11 bits per heavy atom. The van der Waals surface area contributed by atoms with Crippen LogP contribution in [0.3, 0.4) is 0 Å². The summed E-state index contributed by atoms with van der Waals surface area (Å²) in [6.07, 6.45) is 0. The lowest BCUT2D eigenvalue weighted by molar-refractivity contribution is 0.0597. The van der Waals surface area contributed by atoms with Crippen LogP contribution < -0.4 is 4.74 Å². The van der Waals surface area contributed by atoms with Crippen molar-refractivity contribution in [3.05, 3.63) is 59.7 Å². The van der Waals surface area contributed by atoms with Gasteiger partial charge in [-0.05, 0) is 36.4 Å². The highest BCUT2D eigenvalue weighted by atomic mass is 32.2. The summed E-state index contributed by atoms with van der Waals surface area (Å²) in [5.41, 5.74) is 0.326. The summed E-state index contributed by atoms with van der Waals surface area (Å²) in [5.74, 6) is -1.13. The highest BCUT2D eigenvalue weighted by Crippen LogP contribution is 2.19. The number of hydrogen-bond acceptors (Lipinski definition) is 6. The van der Waals surface area contributed by atoms with Gasteiger partial charge in [-0.15, -0.1) is 0 Å². The molecular formula is C19H21NO6S. The normalized spacial score (nSPS) is 11.3. The average Bonchev–Trinajstić information content (AvgIpc) is 2.68. The third-order valence-electron chi connectivity index (χ3n) is 3.88. The molecule has 2 rings (SSSR count). The zero-order valence-corrected chi connectivity index (χ0v) is 16.2. The van der Waals surface area contributed by atoms with E-state index >= 15 is 0 Å². The highest BCUT2D eigenvalue weighted by Gasteiger charge is 2.23. The predicted octanol–water partition coefficient (Wildman–Crippen LogP) is 2.72. The monoisotopic (exact) mass is 391 g/mol. The zero-order valence-electron chi connectivity index (χ0n) is 15.3. The van der Waals surface area contributed by atoms with Gasteiger partial charge in [0, 0.05) is 13.1 Å². The van der Waals surface area contributed by atoms with Gasteiger partial charge in [0.1, 0.15) is 5.75 Å². The van der Waals surface area contributed by atoms with Crippen LogP contribution in [0.1, 0.15) is 34.6 Å². The minimum Gasteiger partial charge on any atom is -0.465 e. The molecule has 0 radical (unpaired) electrons. The first kappa shape index (κ1) is 20.6. The maximum atomic E-state index is 12.6. The summed E-state index contributed by atoms with van der Waals surface area (Å²) < 4.78 is 36.4. The fourth-order valence-electron chi connectivity index (χ4n) is 2.47. The zero-order chi connectivity index (χ0) is 20.0. The van der Waals surface area contributed by atoms with Crippen LogP contribution in [0, 0.1) is 0 Å². The summed E-state index contributed by atoms with van der Waals surface area (Å²) in [4.78, 5) is 24.0. The molecule has 0 saturated heterocycles. The fraction of sp³-hybridized carbons (Fsp3) is 0.263. The lowest BCUT2D eigenvalue weighted by Crippen LogP contribution is -2.30. The van der Waals surface area contributed by atoms with Crippen molar-refractivity contribution in [2.75, 3.05) is 20.2 Å². The lowest BCUT2D eigenvalue weighted by atomic mass is 10.2. The van der Waals surface area contributed by atoms with Gasteiger partial charge in [-0.1, -0.05) is 26.0 Å². The van der Waals surface area contributed by atoms with Crippen LogP contribution in [0.2, 0.25) is 0 Å². The van der Waals surface area contributed by atoms with Crippen LogP contribution in [-0.4, -0.2) is 44.9 Å². The van der Waals surface area contributed by atoms with Crippen molar-refractivity contribution in [3.8, 4) is 5.75 Å². The van der Waals surface area contributed by atoms with E-state index in [4.69, 9.17) is 4.74 Å². The number of nitrogens with zero attached hydrogens (tertiary/aromatic N) is 1. The molecule has 0 fully saturated rings. The van der Waals surface area contributed by atoms with Crippen molar-refractivity contribution in [1.82, 2.24) is 4.31 Å². The molecule has 144 valence electrons. The molecule has 27 heavy (non-hydrogen) atoms. The number of carbonyl (C=O) groups excluding carboxylic acids is 2. The van der Waals surface area contributed by atoms with Crippen LogP contribution in [0.5, 0.6) is 5.75 Å². The fourth-order valence-corrected chi connectivity index (χ4v) is 3.97. The van der Waals surface area contributed by atoms with Crippen LogP contribution in [0.4, 0.5) is 0 Å². The highest BCUT2D eigenvalue weighted by molar-refractivity contribution is 7.89. The van der Waals surface area contributed by atoms with E-state index in [1.807, 2.05) is 0 Å². The smallest absolute Gasteiger partial charge is 0.343 e. The van der Waals surface area contributed by atoms with Crippen molar-refractivity contribution in [3.63, 3.8) is 0 Å². The van der Waals surface area contributed by atoms with Crippen molar-refractivity contribution < 1.29 is 27.5 Å². The summed E-state index contributed by atoms with van der Waals surface area (Å²) in [7, 11) is -2.43. The van der Waals surface area contributed by atoms with E-state index in [1.54, 1.807) is 19.9 Å². The summed E-state index contributed by atoms with van der Waals surface area (Å²) in [6.45, 7) is 4.14. The minimum atomic E-state index is -3.69. The third-order valence-corrected chi connectivity index (χ3v) is 5.92. The first-order valence-electron chi connectivity index (χ1n) is 8.34. The van der Waals surface area contributed by atoms with Gasteiger partial charge in [0.2, 0.25) is 10.0 Å². The van der Waals surface area contributed by atoms with Gasteiger partial charge in [0.15, 0.2) is 0 Å². The number of methoxy groups -OCH3 is 1. The van der Waals surface area contributed by atoms with E-state index in [9.17, 15) is 18.0 Å². The second-order valence-electron chi connectivity index (χ2n) is 5.53. The number of benzene rings is 2. The number of rotatable bonds is 7. The molecule has 7 nitrogen and oxygen atoms in total. The van der Waals surface area contributed by atoms with E-state index in [-0.39, 0.29) is 21.8 Å². The molecule has 0 atom stereocenters. The quantitative estimate of drug-likeness (QED) is 0.532. The molecule has 0 heterocycles. The third kappa shape index (κ3) is 4.72. The molecule has 0 aromatic heterocycles. The molecule has 0 amide bonds. The van der Waals surface area contributed by atoms with E-state index in [2.05, 4.69) is 4.74 Å². The molecule has 8 heteroatoms. The molecule has 0 aliphatic rings. The number of esters is 2. The van der Waals surface area contributed by atoms with Gasteiger partial charge in [-0.25, -0.2) is 18.0 Å². The largest absolute Gasteiger partial charge is 0.465 e. The Morgan fingerprint density at radius 2 is 1.52 bits per heavy atom. The Balaban J connectivity index is 2.27. The van der Waals surface area contributed by atoms with Crippen molar-refractivity contribution in [1.29, 1.82) is 0 Å². The summed E-state index contributed by atoms with van der Waals surface area (Å²) >= 11 is 0. The molecule has 2 aromatic carbocycles. The Kier molecular flexibility index (Phi) is 6.70. The maximum Gasteiger partial charge on any atom is 0.343 e. The molecule has 0 unspecified atom stereocenters. The van der Waals surface area contributed by atoms with Gasteiger partial charge in [0.25, 0.3) is 0 Å². The Bertz CT molecular complexity index is 935. The topological polar surface area (TPSA) is 90.0 Å². The molecule has 0 spiro atoms. The Morgan fingerprint density at radius 1 is 0.926 bits per heavy atom. The van der Waals surface area contributed by atoms with Crippen LogP contribution in [-0.2, 0) is 14.8 Å². The first-order valence-corrected chi connectivity index (χ1v) is 9.78. The lowest BCUT2D eigenvalue weighted by Gasteiger charge is -2.18. The summed E-state index contributed by atoms with van der Waals surface area (Å²) in [6, 6.07) is 11.6. The van der Waals surface area contributed by atoms with Gasteiger partial charge < -0.3 is 9.47 Å². The number of ether oxygens (including phenoxy) is 2. The second kappa shape index (κ2) is 8.79. The van der Waals surface area contributed by atoms with Gasteiger partial charge in [-0.2, -0.15) is 4.31 Å². The predicted molar refractivity (Wildman–Crippen MR) is 99.3 cm³/mol. The minimum absolute atomic E-state index is 0.0176. The van der Waals surface area contributed by atoms with Gasteiger partial charge in [-0.3, -0.25) is 0 Å². The molecule has 0 aliphatic heterocycles. The van der Waals surface area contributed by atoms with Crippen LogP contribution in [0.25, 0.3) is 0 Å². The number of carbonyl (C=O) groups is 2. The van der Waals surface area contributed by atoms with E-state index in [0.717, 1.165) is 0 Å². The van der Waals surface area contributed by atoms with Crippen molar-refractivity contribution >= 4 is 22.0 Å².